The third-order valence-corrected chi connectivity index (χ3v) is 3.16. The van der Waals surface area contributed by atoms with Crippen molar-refractivity contribution < 1.29 is 19.1 Å². The second-order valence-electron chi connectivity index (χ2n) is 3.73. The molecule has 1 aromatic carbocycles. The van der Waals surface area contributed by atoms with Crippen LogP contribution < -0.4 is 0 Å². The van der Waals surface area contributed by atoms with Gasteiger partial charge in [-0.2, -0.15) is 0 Å². The predicted octanol–water partition coefficient (Wildman–Crippen LogP) is 1.75. The summed E-state index contributed by atoms with van der Waals surface area (Å²) in [7, 11) is 0. The number of hydrogen-bond donors (Lipinski definition) is 0. The Morgan fingerprint density at radius 1 is 1.24 bits per heavy atom. The molecule has 1 fully saturated rings. The summed E-state index contributed by atoms with van der Waals surface area (Å²) in [6.07, 6.45) is -0.855. The summed E-state index contributed by atoms with van der Waals surface area (Å²) in [5.74, 6) is -1.25. The summed E-state index contributed by atoms with van der Waals surface area (Å²) in [5.41, 5.74) is 0.351. The fraction of sp³-hybridized carbons (Fsp3) is 0.250. The minimum absolute atomic E-state index is 0.170. The van der Waals surface area contributed by atoms with Gasteiger partial charge in [-0.25, -0.2) is 4.79 Å². The minimum atomic E-state index is -1.19. The average Bonchev–Trinajstić information content (AvgIpc) is 2.61. The maximum Gasteiger partial charge on any atom is 0.339 e. The van der Waals surface area contributed by atoms with Gasteiger partial charge in [0.1, 0.15) is 0 Å². The van der Waals surface area contributed by atoms with Gasteiger partial charge in [0.2, 0.25) is 6.10 Å². The van der Waals surface area contributed by atoms with Gasteiger partial charge in [-0.3, -0.25) is 9.59 Å². The number of hydrogen-bond acceptors (Lipinski definition) is 4. The highest BCUT2D eigenvalue weighted by molar-refractivity contribution is 14.1. The summed E-state index contributed by atoms with van der Waals surface area (Å²) >= 11 is 2.07. The van der Waals surface area contributed by atoms with Crippen molar-refractivity contribution in [3.05, 3.63) is 33.4 Å². The van der Waals surface area contributed by atoms with Gasteiger partial charge in [0, 0.05) is 16.4 Å². The van der Waals surface area contributed by atoms with Crippen molar-refractivity contribution in [2.24, 2.45) is 0 Å². The summed E-state index contributed by atoms with van der Waals surface area (Å²) < 4.78 is 5.83. The number of ketones is 2. The Labute approximate surface area is 111 Å². The summed E-state index contributed by atoms with van der Waals surface area (Å²) in [4.78, 5) is 34.4. The van der Waals surface area contributed by atoms with E-state index in [0.717, 1.165) is 3.57 Å². The lowest BCUT2D eigenvalue weighted by Gasteiger charge is -2.09. The summed E-state index contributed by atoms with van der Waals surface area (Å²) in [6.45, 7) is 0. The average molecular weight is 344 g/mol. The van der Waals surface area contributed by atoms with Crippen LogP contribution >= 0.6 is 22.6 Å². The van der Waals surface area contributed by atoms with E-state index >= 15 is 0 Å². The molecule has 0 saturated heterocycles. The van der Waals surface area contributed by atoms with Crippen molar-refractivity contribution in [1.82, 2.24) is 0 Å². The van der Waals surface area contributed by atoms with Gasteiger partial charge in [0.25, 0.3) is 0 Å². The van der Waals surface area contributed by atoms with Crippen LogP contribution in [0.15, 0.2) is 24.3 Å². The minimum Gasteiger partial charge on any atom is -0.443 e. The second-order valence-corrected chi connectivity index (χ2v) is 4.97. The molecule has 88 valence electrons. The van der Waals surface area contributed by atoms with Crippen LogP contribution in [0.4, 0.5) is 0 Å². The number of esters is 1. The zero-order chi connectivity index (χ0) is 12.4. The molecule has 0 aromatic heterocycles. The third kappa shape index (κ3) is 2.71. The van der Waals surface area contributed by atoms with Crippen LogP contribution in [0, 0.1) is 3.57 Å². The first-order valence-electron chi connectivity index (χ1n) is 5.10. The summed E-state index contributed by atoms with van der Waals surface area (Å²) in [5, 5.41) is 0. The van der Waals surface area contributed by atoms with Crippen LogP contribution in [0.3, 0.4) is 0 Å². The highest BCUT2D eigenvalue weighted by Gasteiger charge is 2.36. The standard InChI is InChI=1S/C12H9IO4/c13-8-3-1-2-7(6-8)12(16)17-11-9(14)4-5-10(11)15/h1-3,6,11H,4-5H2. The van der Waals surface area contributed by atoms with Gasteiger partial charge in [0.15, 0.2) is 11.6 Å². The molecule has 1 aliphatic carbocycles. The number of ether oxygens (including phenoxy) is 1. The first-order valence-corrected chi connectivity index (χ1v) is 6.18. The number of carbonyl (C=O) groups excluding carboxylic acids is 3. The monoisotopic (exact) mass is 344 g/mol. The Bertz CT molecular complexity index is 479. The van der Waals surface area contributed by atoms with E-state index in [0.29, 0.717) is 5.56 Å². The molecule has 0 unspecified atom stereocenters. The summed E-state index contributed by atoms with van der Waals surface area (Å²) in [6, 6.07) is 6.79. The molecule has 0 spiro atoms. The number of carbonyl (C=O) groups is 3. The topological polar surface area (TPSA) is 60.4 Å². The highest BCUT2D eigenvalue weighted by Crippen LogP contribution is 2.17. The van der Waals surface area contributed by atoms with E-state index in [9.17, 15) is 14.4 Å². The van der Waals surface area contributed by atoms with Crippen LogP contribution in [0.25, 0.3) is 0 Å². The van der Waals surface area contributed by atoms with Gasteiger partial charge in [-0.05, 0) is 40.8 Å². The van der Waals surface area contributed by atoms with E-state index < -0.39 is 12.1 Å². The maximum atomic E-state index is 11.7. The lowest BCUT2D eigenvalue weighted by molar-refractivity contribution is -0.133. The van der Waals surface area contributed by atoms with E-state index in [-0.39, 0.29) is 24.4 Å². The number of halogens is 1. The van der Waals surface area contributed by atoms with E-state index in [1.54, 1.807) is 18.2 Å². The van der Waals surface area contributed by atoms with Crippen molar-refractivity contribution >= 4 is 40.1 Å². The smallest absolute Gasteiger partial charge is 0.339 e. The number of benzene rings is 1. The Balaban J connectivity index is 2.12. The van der Waals surface area contributed by atoms with E-state index in [1.807, 2.05) is 6.07 Å². The fourth-order valence-electron chi connectivity index (χ4n) is 1.61. The maximum absolute atomic E-state index is 11.7. The SMILES string of the molecule is O=C(OC1C(=O)CCC1=O)c1cccc(I)c1. The normalized spacial score (nSPS) is 16.3. The molecule has 0 N–H and O–H groups in total. The van der Waals surface area contributed by atoms with Crippen molar-refractivity contribution in [1.29, 1.82) is 0 Å². The zero-order valence-electron chi connectivity index (χ0n) is 8.81. The van der Waals surface area contributed by atoms with Gasteiger partial charge in [0.05, 0.1) is 5.56 Å². The second kappa shape index (κ2) is 4.95. The van der Waals surface area contributed by atoms with Gasteiger partial charge >= 0.3 is 5.97 Å². The van der Waals surface area contributed by atoms with Gasteiger partial charge < -0.3 is 4.74 Å². The van der Waals surface area contributed by atoms with E-state index in [2.05, 4.69) is 22.6 Å². The predicted molar refractivity (Wildman–Crippen MR) is 67.6 cm³/mol. The molecule has 4 nitrogen and oxygen atoms in total. The Hall–Kier alpha value is -1.24. The molecule has 17 heavy (non-hydrogen) atoms. The lowest BCUT2D eigenvalue weighted by Crippen LogP contribution is -2.28. The Morgan fingerprint density at radius 2 is 1.88 bits per heavy atom. The molecular formula is C12H9IO4. The quantitative estimate of drug-likeness (QED) is 0.466. The van der Waals surface area contributed by atoms with Crippen molar-refractivity contribution in [3.63, 3.8) is 0 Å². The van der Waals surface area contributed by atoms with E-state index in [1.165, 1.54) is 0 Å². The molecule has 1 aromatic rings. The molecule has 0 aliphatic heterocycles. The first kappa shape index (κ1) is 12.2. The van der Waals surface area contributed by atoms with Crippen LogP contribution in [0.1, 0.15) is 23.2 Å². The van der Waals surface area contributed by atoms with Gasteiger partial charge in [-0.1, -0.05) is 6.07 Å². The van der Waals surface area contributed by atoms with Crippen molar-refractivity contribution in [3.8, 4) is 0 Å². The molecule has 5 heteroatoms. The number of rotatable bonds is 2. The molecule has 0 atom stereocenters. The molecule has 0 radical (unpaired) electrons. The van der Waals surface area contributed by atoms with Crippen molar-refractivity contribution in [2.75, 3.05) is 0 Å². The van der Waals surface area contributed by atoms with Crippen LogP contribution in [0.5, 0.6) is 0 Å². The first-order chi connectivity index (χ1) is 8.08. The molecule has 0 amide bonds. The third-order valence-electron chi connectivity index (χ3n) is 2.49. The van der Waals surface area contributed by atoms with Gasteiger partial charge in [-0.15, -0.1) is 0 Å². The molecule has 1 aliphatic rings. The van der Waals surface area contributed by atoms with Crippen LogP contribution in [-0.4, -0.2) is 23.6 Å². The van der Waals surface area contributed by atoms with Crippen LogP contribution in [0.2, 0.25) is 0 Å². The van der Waals surface area contributed by atoms with Crippen molar-refractivity contribution in [2.45, 2.75) is 18.9 Å². The molecule has 2 rings (SSSR count). The Kier molecular flexibility index (Phi) is 3.56. The zero-order valence-corrected chi connectivity index (χ0v) is 11.0. The fourth-order valence-corrected chi connectivity index (χ4v) is 2.15. The molecule has 0 bridgehead atoms. The molecule has 1 saturated carbocycles. The van der Waals surface area contributed by atoms with E-state index in [4.69, 9.17) is 4.74 Å². The Morgan fingerprint density at radius 3 is 2.47 bits per heavy atom. The number of Topliss-reactive ketones (excluding diaryl/α,β-unsaturated/α-hetero) is 2. The lowest BCUT2D eigenvalue weighted by atomic mass is 10.2. The highest BCUT2D eigenvalue weighted by atomic mass is 127. The molecule has 0 heterocycles. The largest absolute Gasteiger partial charge is 0.443 e. The van der Waals surface area contributed by atoms with Crippen LogP contribution in [-0.2, 0) is 14.3 Å². The molecular weight excluding hydrogens is 335 g/mol.